The van der Waals surface area contributed by atoms with Gasteiger partial charge < -0.3 is 0 Å². The number of hydrogen-bond donors (Lipinski definition) is 0. The van der Waals surface area contributed by atoms with Crippen molar-refractivity contribution in [3.8, 4) is 0 Å². The van der Waals surface area contributed by atoms with Gasteiger partial charge >= 0.3 is 0 Å². The highest BCUT2D eigenvalue weighted by Crippen LogP contribution is 2.34. The maximum absolute atomic E-state index is 12.8. The SMILES string of the molecule is Cc1nc2ccccc2c(=O)n1N1C[C@@H]1c1cccc([N+](=O)[O-])c1. The third-order valence-electron chi connectivity index (χ3n) is 4.22. The van der Waals surface area contributed by atoms with Crippen LogP contribution in [0.4, 0.5) is 5.69 Å². The molecule has 0 radical (unpaired) electrons. The Morgan fingerprint density at radius 3 is 2.79 bits per heavy atom. The second-order valence-corrected chi connectivity index (χ2v) is 5.78. The molecule has 0 amide bonds. The van der Waals surface area contributed by atoms with Crippen molar-refractivity contribution in [3.63, 3.8) is 0 Å². The van der Waals surface area contributed by atoms with Gasteiger partial charge in [-0.3, -0.25) is 19.9 Å². The standard InChI is InChI=1S/C17H14N4O3/c1-11-18-15-8-3-2-7-14(15)17(22)20(11)19-10-16(19)12-5-4-6-13(9-12)21(23)24/h2-9,16H,10H2,1H3/t16-,19?/m1/s1. The zero-order valence-corrected chi connectivity index (χ0v) is 12.9. The van der Waals surface area contributed by atoms with Crippen LogP contribution < -0.4 is 10.6 Å². The van der Waals surface area contributed by atoms with E-state index in [9.17, 15) is 14.9 Å². The number of para-hydroxylation sites is 1. The minimum atomic E-state index is -0.411. The first-order valence-electron chi connectivity index (χ1n) is 7.56. The molecular formula is C17H14N4O3. The Labute approximate surface area is 136 Å². The topological polar surface area (TPSA) is 81.0 Å². The van der Waals surface area contributed by atoms with Gasteiger partial charge in [0.15, 0.2) is 0 Å². The number of rotatable bonds is 3. The molecule has 7 heteroatoms. The molecule has 0 N–H and O–H groups in total. The summed E-state index contributed by atoms with van der Waals surface area (Å²) in [5.41, 5.74) is 1.43. The van der Waals surface area contributed by atoms with E-state index in [1.54, 1.807) is 29.8 Å². The highest BCUT2D eigenvalue weighted by molar-refractivity contribution is 5.77. The number of nitro groups is 1. The predicted octanol–water partition coefficient (Wildman–Crippen LogP) is 2.31. The molecule has 0 saturated carbocycles. The van der Waals surface area contributed by atoms with Crippen molar-refractivity contribution in [3.05, 3.63) is 80.4 Å². The average molecular weight is 322 g/mol. The lowest BCUT2D eigenvalue weighted by atomic mass is 10.1. The van der Waals surface area contributed by atoms with E-state index in [4.69, 9.17) is 0 Å². The largest absolute Gasteiger partial charge is 0.297 e. The molecule has 1 aliphatic heterocycles. The first kappa shape index (κ1) is 14.4. The molecule has 3 aromatic rings. The van der Waals surface area contributed by atoms with Crippen LogP contribution in [0.25, 0.3) is 10.9 Å². The van der Waals surface area contributed by atoms with Crippen molar-refractivity contribution in [2.24, 2.45) is 0 Å². The van der Waals surface area contributed by atoms with E-state index in [1.165, 1.54) is 6.07 Å². The summed E-state index contributed by atoms with van der Waals surface area (Å²) in [6.45, 7) is 2.42. The van der Waals surface area contributed by atoms with Gasteiger partial charge in [-0.05, 0) is 24.6 Å². The van der Waals surface area contributed by atoms with Crippen molar-refractivity contribution < 1.29 is 4.92 Å². The molecule has 0 unspecified atom stereocenters. The molecule has 4 rings (SSSR count). The van der Waals surface area contributed by atoms with Gasteiger partial charge in [0, 0.05) is 12.1 Å². The Kier molecular flexibility index (Phi) is 3.09. The van der Waals surface area contributed by atoms with E-state index in [1.807, 2.05) is 29.3 Å². The normalized spacial score (nSPS) is 16.4. The van der Waals surface area contributed by atoms with Crippen LogP contribution in [0.3, 0.4) is 0 Å². The zero-order valence-electron chi connectivity index (χ0n) is 12.9. The molecule has 2 aromatic carbocycles. The highest BCUT2D eigenvalue weighted by Gasteiger charge is 2.38. The van der Waals surface area contributed by atoms with Crippen LogP contribution in [0.5, 0.6) is 0 Å². The molecule has 1 fully saturated rings. The second-order valence-electron chi connectivity index (χ2n) is 5.78. The number of nitrogens with zero attached hydrogens (tertiary/aromatic N) is 4. The summed E-state index contributed by atoms with van der Waals surface area (Å²) >= 11 is 0. The van der Waals surface area contributed by atoms with Crippen LogP contribution in [-0.4, -0.2) is 21.1 Å². The molecule has 120 valence electrons. The van der Waals surface area contributed by atoms with E-state index in [0.717, 1.165) is 5.56 Å². The van der Waals surface area contributed by atoms with Crippen LogP contribution >= 0.6 is 0 Å². The van der Waals surface area contributed by atoms with E-state index in [2.05, 4.69) is 4.98 Å². The first-order chi connectivity index (χ1) is 11.6. The minimum absolute atomic E-state index is 0.0516. The Bertz CT molecular complexity index is 1030. The third-order valence-corrected chi connectivity index (χ3v) is 4.22. The fourth-order valence-electron chi connectivity index (χ4n) is 3.01. The lowest BCUT2D eigenvalue weighted by molar-refractivity contribution is -0.384. The van der Waals surface area contributed by atoms with Crippen molar-refractivity contribution in [1.29, 1.82) is 0 Å². The van der Waals surface area contributed by atoms with Crippen LogP contribution in [0, 0.1) is 17.0 Å². The Balaban J connectivity index is 1.75. The fraction of sp³-hybridized carbons (Fsp3) is 0.176. The lowest BCUT2D eigenvalue weighted by Crippen LogP contribution is -2.31. The molecule has 24 heavy (non-hydrogen) atoms. The van der Waals surface area contributed by atoms with Crippen molar-refractivity contribution in [1.82, 2.24) is 9.66 Å². The molecule has 1 aromatic heterocycles. The van der Waals surface area contributed by atoms with Gasteiger partial charge in [0.2, 0.25) is 0 Å². The maximum atomic E-state index is 12.8. The maximum Gasteiger partial charge on any atom is 0.280 e. The second kappa shape index (κ2) is 5.16. The fourth-order valence-corrected chi connectivity index (χ4v) is 3.01. The van der Waals surface area contributed by atoms with Crippen LogP contribution in [0.2, 0.25) is 0 Å². The zero-order chi connectivity index (χ0) is 16.8. The summed E-state index contributed by atoms with van der Waals surface area (Å²) in [6, 6.07) is 13.7. The van der Waals surface area contributed by atoms with E-state index >= 15 is 0 Å². The predicted molar refractivity (Wildman–Crippen MR) is 89.7 cm³/mol. The molecule has 1 atom stereocenters. The molecule has 0 aliphatic carbocycles. The van der Waals surface area contributed by atoms with Gasteiger partial charge in [-0.1, -0.05) is 24.3 Å². The number of nitro benzene ring substituents is 1. The van der Waals surface area contributed by atoms with Gasteiger partial charge in [-0.2, -0.15) is 0 Å². The number of hydrogen-bond acceptors (Lipinski definition) is 5. The molecule has 2 heterocycles. The summed E-state index contributed by atoms with van der Waals surface area (Å²) in [5.74, 6) is 0.603. The number of benzene rings is 2. The summed E-state index contributed by atoms with van der Waals surface area (Å²) in [4.78, 5) is 27.8. The van der Waals surface area contributed by atoms with Crippen molar-refractivity contribution in [2.75, 3.05) is 11.6 Å². The van der Waals surface area contributed by atoms with Gasteiger partial charge in [0.05, 0.1) is 28.4 Å². The average Bonchev–Trinajstić information content (AvgIpc) is 3.35. The third kappa shape index (κ3) is 2.21. The van der Waals surface area contributed by atoms with E-state index in [0.29, 0.717) is 23.3 Å². The number of fused-ring (bicyclic) bond motifs is 1. The number of non-ortho nitro benzene ring substituents is 1. The molecule has 1 saturated heterocycles. The smallest absolute Gasteiger partial charge is 0.280 e. The van der Waals surface area contributed by atoms with Gasteiger partial charge in [0.1, 0.15) is 5.82 Å². The van der Waals surface area contributed by atoms with Crippen molar-refractivity contribution in [2.45, 2.75) is 13.0 Å². The van der Waals surface area contributed by atoms with Gasteiger partial charge in [-0.25, -0.2) is 9.66 Å². The van der Waals surface area contributed by atoms with Gasteiger partial charge in [0.25, 0.3) is 11.2 Å². The Morgan fingerprint density at radius 1 is 1.21 bits per heavy atom. The number of aryl methyl sites for hydroxylation is 1. The van der Waals surface area contributed by atoms with E-state index < -0.39 is 4.92 Å². The lowest BCUT2D eigenvalue weighted by Gasteiger charge is -2.13. The van der Waals surface area contributed by atoms with Crippen molar-refractivity contribution >= 4 is 16.6 Å². The molecule has 0 spiro atoms. The molecule has 7 nitrogen and oxygen atoms in total. The molecule has 0 bridgehead atoms. The highest BCUT2D eigenvalue weighted by atomic mass is 16.6. The summed E-state index contributed by atoms with van der Waals surface area (Å²) in [6.07, 6.45) is 0. The minimum Gasteiger partial charge on any atom is -0.297 e. The Morgan fingerprint density at radius 2 is 2.00 bits per heavy atom. The van der Waals surface area contributed by atoms with E-state index in [-0.39, 0.29) is 17.3 Å². The van der Waals surface area contributed by atoms with Crippen LogP contribution in [0.15, 0.2) is 53.3 Å². The summed E-state index contributed by atoms with van der Waals surface area (Å²) in [7, 11) is 0. The number of aromatic nitrogens is 2. The Hall–Kier alpha value is -3.22. The molecule has 1 aliphatic rings. The quantitative estimate of drug-likeness (QED) is 0.420. The monoisotopic (exact) mass is 322 g/mol. The summed E-state index contributed by atoms with van der Waals surface area (Å²) < 4.78 is 1.56. The first-order valence-corrected chi connectivity index (χ1v) is 7.56. The van der Waals surface area contributed by atoms with Crippen LogP contribution in [-0.2, 0) is 0 Å². The summed E-state index contributed by atoms with van der Waals surface area (Å²) in [5, 5.41) is 13.4. The van der Waals surface area contributed by atoms with Gasteiger partial charge in [-0.15, -0.1) is 0 Å². The molecular weight excluding hydrogens is 308 g/mol. The van der Waals surface area contributed by atoms with Crippen LogP contribution in [0.1, 0.15) is 17.4 Å².